The van der Waals surface area contributed by atoms with Crippen molar-refractivity contribution in [1.82, 2.24) is 19.7 Å². The summed E-state index contributed by atoms with van der Waals surface area (Å²) in [6.45, 7) is 6.29. The summed E-state index contributed by atoms with van der Waals surface area (Å²) in [4.78, 5) is 6.95. The Balaban J connectivity index is 1.45. The highest BCUT2D eigenvalue weighted by molar-refractivity contribution is 5.93. The van der Waals surface area contributed by atoms with E-state index in [2.05, 4.69) is 63.0 Å². The Bertz CT molecular complexity index is 888. The van der Waals surface area contributed by atoms with E-state index in [4.69, 9.17) is 0 Å². The fraction of sp³-hybridized carbons (Fsp3) is 0.333. The van der Waals surface area contributed by atoms with E-state index in [1.54, 1.807) is 0 Å². The molecule has 4 nitrogen and oxygen atoms in total. The standard InChI is InChI=1S/C21H24N4/c1-2-25-19(7-11-23-25)10-14-24-12-8-17(9-13-24)21-16-22-15-18-5-3-4-6-20(18)21/h3-8,11,15-16H,2,9-10,12-14H2,1H3. The second-order valence-corrected chi connectivity index (χ2v) is 6.58. The van der Waals surface area contributed by atoms with Crippen molar-refractivity contribution < 1.29 is 0 Å². The summed E-state index contributed by atoms with van der Waals surface area (Å²) >= 11 is 0. The van der Waals surface area contributed by atoms with Crippen LogP contribution in [0.1, 0.15) is 24.6 Å². The van der Waals surface area contributed by atoms with Crippen LogP contribution in [-0.2, 0) is 13.0 Å². The quantitative estimate of drug-likeness (QED) is 0.713. The smallest absolute Gasteiger partial charge is 0.0492 e. The molecule has 0 fully saturated rings. The van der Waals surface area contributed by atoms with E-state index in [0.717, 1.165) is 39.0 Å². The second-order valence-electron chi connectivity index (χ2n) is 6.58. The van der Waals surface area contributed by atoms with Crippen molar-refractivity contribution in [2.45, 2.75) is 26.3 Å². The molecule has 0 amide bonds. The van der Waals surface area contributed by atoms with Gasteiger partial charge in [0.25, 0.3) is 0 Å². The Morgan fingerprint density at radius 3 is 2.88 bits per heavy atom. The summed E-state index contributed by atoms with van der Waals surface area (Å²) < 4.78 is 2.09. The highest BCUT2D eigenvalue weighted by Crippen LogP contribution is 2.28. The van der Waals surface area contributed by atoms with Crippen LogP contribution in [0.2, 0.25) is 0 Å². The summed E-state index contributed by atoms with van der Waals surface area (Å²) in [5, 5.41) is 6.89. The van der Waals surface area contributed by atoms with Crippen LogP contribution in [-0.4, -0.2) is 39.3 Å². The summed E-state index contributed by atoms with van der Waals surface area (Å²) in [5.74, 6) is 0. The molecule has 0 N–H and O–H groups in total. The van der Waals surface area contributed by atoms with Crippen LogP contribution < -0.4 is 0 Å². The maximum Gasteiger partial charge on any atom is 0.0492 e. The Labute approximate surface area is 148 Å². The molecule has 3 aromatic rings. The topological polar surface area (TPSA) is 34.0 Å². The molecule has 0 saturated carbocycles. The first-order valence-corrected chi connectivity index (χ1v) is 9.10. The third-order valence-electron chi connectivity index (χ3n) is 5.10. The zero-order valence-corrected chi connectivity index (χ0v) is 14.7. The molecule has 0 spiro atoms. The van der Waals surface area contributed by atoms with Gasteiger partial charge in [-0.1, -0.05) is 30.3 Å². The third kappa shape index (κ3) is 3.35. The normalized spacial score (nSPS) is 15.5. The van der Waals surface area contributed by atoms with Gasteiger partial charge >= 0.3 is 0 Å². The minimum Gasteiger partial charge on any atom is -0.299 e. The first kappa shape index (κ1) is 16.0. The summed E-state index contributed by atoms with van der Waals surface area (Å²) in [6, 6.07) is 10.7. The number of nitrogens with zero attached hydrogens (tertiary/aromatic N) is 4. The highest BCUT2D eigenvalue weighted by atomic mass is 15.3. The van der Waals surface area contributed by atoms with Gasteiger partial charge in [-0.05, 0) is 30.4 Å². The van der Waals surface area contributed by atoms with Crippen LogP contribution in [0, 0.1) is 0 Å². The van der Waals surface area contributed by atoms with Crippen LogP contribution in [0.3, 0.4) is 0 Å². The van der Waals surface area contributed by atoms with Gasteiger partial charge in [0.1, 0.15) is 0 Å². The van der Waals surface area contributed by atoms with Crippen molar-refractivity contribution in [3.63, 3.8) is 0 Å². The summed E-state index contributed by atoms with van der Waals surface area (Å²) in [6.07, 6.45) is 10.4. The fourth-order valence-electron chi connectivity index (χ4n) is 3.66. The van der Waals surface area contributed by atoms with Crippen LogP contribution in [0.5, 0.6) is 0 Å². The van der Waals surface area contributed by atoms with Gasteiger partial charge in [0.05, 0.1) is 0 Å². The average molecular weight is 332 g/mol. The van der Waals surface area contributed by atoms with Crippen molar-refractivity contribution in [3.8, 4) is 0 Å². The molecule has 0 unspecified atom stereocenters. The first-order valence-electron chi connectivity index (χ1n) is 9.10. The molecule has 4 heteroatoms. The van der Waals surface area contributed by atoms with Gasteiger partial charge in [0.15, 0.2) is 0 Å². The van der Waals surface area contributed by atoms with Gasteiger partial charge in [0, 0.05) is 67.8 Å². The Kier molecular flexibility index (Phi) is 4.61. The maximum absolute atomic E-state index is 4.43. The van der Waals surface area contributed by atoms with Gasteiger partial charge in [0.2, 0.25) is 0 Å². The first-order chi connectivity index (χ1) is 12.3. The predicted molar refractivity (Wildman–Crippen MR) is 102 cm³/mol. The summed E-state index contributed by atoms with van der Waals surface area (Å²) in [5.41, 5.74) is 4.05. The van der Waals surface area contributed by atoms with E-state index >= 15 is 0 Å². The number of aryl methyl sites for hydroxylation is 1. The molecule has 0 saturated heterocycles. The molecule has 1 aliphatic rings. The van der Waals surface area contributed by atoms with E-state index in [1.165, 1.54) is 27.6 Å². The molecular formula is C21H24N4. The van der Waals surface area contributed by atoms with Crippen LogP contribution in [0.15, 0.2) is 55.0 Å². The minimum atomic E-state index is 0.945. The van der Waals surface area contributed by atoms with Crippen LogP contribution in [0.4, 0.5) is 0 Å². The largest absolute Gasteiger partial charge is 0.299 e. The van der Waals surface area contributed by atoms with E-state index in [9.17, 15) is 0 Å². The van der Waals surface area contributed by atoms with Crippen molar-refractivity contribution in [1.29, 1.82) is 0 Å². The van der Waals surface area contributed by atoms with Gasteiger partial charge in [-0.15, -0.1) is 0 Å². The number of pyridine rings is 1. The zero-order valence-electron chi connectivity index (χ0n) is 14.7. The predicted octanol–water partition coefficient (Wildman–Crippen LogP) is 3.78. The molecular weight excluding hydrogens is 308 g/mol. The molecule has 128 valence electrons. The van der Waals surface area contributed by atoms with Gasteiger partial charge in [-0.25, -0.2) is 0 Å². The third-order valence-corrected chi connectivity index (χ3v) is 5.10. The van der Waals surface area contributed by atoms with E-state index in [1.807, 2.05) is 18.6 Å². The number of rotatable bonds is 5. The molecule has 0 atom stereocenters. The van der Waals surface area contributed by atoms with E-state index < -0.39 is 0 Å². The molecule has 25 heavy (non-hydrogen) atoms. The number of benzene rings is 1. The zero-order chi connectivity index (χ0) is 17.1. The lowest BCUT2D eigenvalue weighted by Crippen LogP contribution is -2.31. The molecule has 3 heterocycles. The number of aromatic nitrogens is 3. The van der Waals surface area contributed by atoms with Gasteiger partial charge < -0.3 is 0 Å². The molecule has 0 aliphatic carbocycles. The molecule has 1 aromatic carbocycles. The maximum atomic E-state index is 4.43. The molecule has 0 bridgehead atoms. The summed E-state index contributed by atoms with van der Waals surface area (Å²) in [7, 11) is 0. The van der Waals surface area contributed by atoms with Gasteiger partial charge in [-0.2, -0.15) is 5.10 Å². The average Bonchev–Trinajstić information content (AvgIpc) is 3.14. The van der Waals surface area contributed by atoms with Crippen molar-refractivity contribution in [2.75, 3.05) is 19.6 Å². The highest BCUT2D eigenvalue weighted by Gasteiger charge is 2.15. The number of hydrogen-bond donors (Lipinski definition) is 0. The molecule has 1 aliphatic heterocycles. The second kappa shape index (κ2) is 7.19. The van der Waals surface area contributed by atoms with Crippen LogP contribution >= 0.6 is 0 Å². The lowest BCUT2D eigenvalue weighted by atomic mass is 9.96. The lowest BCUT2D eigenvalue weighted by Gasteiger charge is -2.26. The van der Waals surface area contributed by atoms with E-state index in [-0.39, 0.29) is 0 Å². The van der Waals surface area contributed by atoms with E-state index in [0.29, 0.717) is 0 Å². The number of fused-ring (bicyclic) bond motifs is 1. The van der Waals surface area contributed by atoms with Crippen molar-refractivity contribution in [3.05, 3.63) is 66.3 Å². The van der Waals surface area contributed by atoms with Gasteiger partial charge in [-0.3, -0.25) is 14.6 Å². The minimum absolute atomic E-state index is 0.945. The Morgan fingerprint density at radius 2 is 2.04 bits per heavy atom. The lowest BCUT2D eigenvalue weighted by molar-refractivity contribution is 0.303. The van der Waals surface area contributed by atoms with Crippen LogP contribution in [0.25, 0.3) is 16.3 Å². The monoisotopic (exact) mass is 332 g/mol. The molecule has 4 rings (SSSR count). The molecule has 0 radical (unpaired) electrons. The number of hydrogen-bond acceptors (Lipinski definition) is 3. The SMILES string of the molecule is CCn1nccc1CCN1CC=C(c2cncc3ccccc23)CC1. The van der Waals surface area contributed by atoms with Crippen molar-refractivity contribution >= 4 is 16.3 Å². The Morgan fingerprint density at radius 1 is 1.12 bits per heavy atom. The van der Waals surface area contributed by atoms with Crippen molar-refractivity contribution in [2.24, 2.45) is 0 Å². The molecule has 2 aromatic heterocycles. The fourth-order valence-corrected chi connectivity index (χ4v) is 3.66. The Hall–Kier alpha value is -2.46.